The van der Waals surface area contributed by atoms with Crippen LogP contribution >= 0.6 is 7.26 Å². The summed E-state index contributed by atoms with van der Waals surface area (Å²) in [4.78, 5) is 9.36. The maximum absolute atomic E-state index is 9.36. The van der Waals surface area contributed by atoms with Crippen molar-refractivity contribution in [2.75, 3.05) is 79.5 Å². The lowest BCUT2D eigenvalue weighted by Gasteiger charge is -2.17. The van der Waals surface area contributed by atoms with Gasteiger partial charge in [0, 0.05) is 41.4 Å². The van der Waals surface area contributed by atoms with Crippen LogP contribution in [0.25, 0.3) is 0 Å². The molecule has 0 saturated carbocycles. The average Bonchev–Trinajstić information content (AvgIpc) is 2.39. The Bertz CT molecular complexity index is 236. The lowest BCUT2D eigenvalue weighted by Crippen LogP contribution is -2.26. The molecule has 0 aromatic rings. The number of methoxy groups -OCH3 is 2. The number of ether oxygens (including phenoxy) is 4. The number of hydrogen-bond acceptors (Lipinski definition) is 6. The molecule has 0 rings (SSSR count). The molecule has 0 amide bonds. The van der Waals surface area contributed by atoms with E-state index in [1.807, 2.05) is 6.92 Å². The summed E-state index contributed by atoms with van der Waals surface area (Å²) in [6.45, 7) is 10.4. The largest absolute Gasteiger partial charge is 0.548 e. The van der Waals surface area contributed by atoms with Crippen LogP contribution < -0.4 is 5.11 Å². The van der Waals surface area contributed by atoms with Gasteiger partial charge >= 0.3 is 0 Å². The van der Waals surface area contributed by atoms with E-state index in [0.29, 0.717) is 13.2 Å². The van der Waals surface area contributed by atoms with E-state index in [-0.39, 0.29) is 6.61 Å². The molecule has 0 unspecified atom stereocenters. The molecule has 0 aliphatic rings. The second kappa shape index (κ2) is 16.1. The van der Waals surface area contributed by atoms with Crippen LogP contribution in [0.15, 0.2) is 0 Å². The van der Waals surface area contributed by atoms with Crippen molar-refractivity contribution in [1.29, 1.82) is 0 Å². The summed E-state index contributed by atoms with van der Waals surface area (Å²) >= 11 is 0. The first kappa shape index (κ1) is 23.0. The highest BCUT2D eigenvalue weighted by molar-refractivity contribution is 7.74. The van der Waals surface area contributed by atoms with E-state index in [1.165, 1.54) is 19.4 Å². The molecule has 0 aliphatic heterocycles. The predicted octanol–water partition coefficient (Wildman–Crippen LogP) is 0.346. The first-order valence-electron chi connectivity index (χ1n) is 7.04. The van der Waals surface area contributed by atoms with Gasteiger partial charge in [0.05, 0.1) is 51.3 Å². The number of rotatable bonds is 12. The zero-order chi connectivity index (χ0) is 16.6. The van der Waals surface area contributed by atoms with Crippen LogP contribution in [0.1, 0.15) is 6.92 Å². The maximum atomic E-state index is 9.36. The fraction of sp³-hybridized carbons (Fsp3) is 0.929. The molecule has 0 heterocycles. The fourth-order valence-electron chi connectivity index (χ4n) is 1.24. The molecule has 6 nitrogen and oxygen atoms in total. The molecule has 0 fully saturated rings. The van der Waals surface area contributed by atoms with Crippen LogP contribution in [-0.4, -0.2) is 85.5 Å². The van der Waals surface area contributed by atoms with Gasteiger partial charge in [-0.05, 0) is 6.92 Å². The topological polar surface area (TPSA) is 77.0 Å². The van der Waals surface area contributed by atoms with Gasteiger partial charge in [-0.25, -0.2) is 0 Å². The monoisotopic (exact) mass is 326 g/mol. The van der Waals surface area contributed by atoms with Gasteiger partial charge in [0.1, 0.15) is 0 Å². The molecule has 0 atom stereocenters. The highest BCUT2D eigenvalue weighted by Crippen LogP contribution is 2.50. The molecular formula is C14H31O6P. The quantitative estimate of drug-likeness (QED) is 0.380. The summed E-state index contributed by atoms with van der Waals surface area (Å²) in [7, 11) is 2.19. The second-order valence-electron chi connectivity index (χ2n) is 4.99. The molecule has 128 valence electrons. The molecule has 7 heteroatoms. The van der Waals surface area contributed by atoms with E-state index in [2.05, 4.69) is 18.1 Å². The Morgan fingerprint density at radius 2 is 1.52 bits per heavy atom. The van der Waals surface area contributed by atoms with E-state index in [9.17, 15) is 9.90 Å². The molecule has 0 radical (unpaired) electrons. The molecule has 0 spiro atoms. The van der Waals surface area contributed by atoms with Crippen molar-refractivity contribution in [1.82, 2.24) is 0 Å². The summed E-state index contributed by atoms with van der Waals surface area (Å²) in [5, 5.41) is 9.36. The minimum Gasteiger partial charge on any atom is -0.548 e. The van der Waals surface area contributed by atoms with Crippen LogP contribution in [0, 0.1) is 0 Å². The van der Waals surface area contributed by atoms with Crippen molar-refractivity contribution in [2.24, 2.45) is 0 Å². The van der Waals surface area contributed by atoms with Crippen LogP contribution in [-0.2, 0) is 23.7 Å². The van der Waals surface area contributed by atoms with E-state index in [1.54, 1.807) is 7.11 Å². The van der Waals surface area contributed by atoms with Crippen molar-refractivity contribution in [3.8, 4) is 0 Å². The zero-order valence-corrected chi connectivity index (χ0v) is 14.9. The number of carboxylic acids is 1. The Kier molecular flexibility index (Phi) is 17.7. The molecule has 0 aromatic heterocycles. The normalized spacial score (nSPS) is 10.9. The third kappa shape index (κ3) is 22.2. The fourth-order valence-corrected chi connectivity index (χ4v) is 2.71. The van der Waals surface area contributed by atoms with Gasteiger partial charge in [-0.3, -0.25) is 0 Å². The van der Waals surface area contributed by atoms with Gasteiger partial charge in [-0.15, -0.1) is 0 Å². The predicted molar refractivity (Wildman–Crippen MR) is 84.6 cm³/mol. The van der Waals surface area contributed by atoms with Gasteiger partial charge in [-0.1, -0.05) is 0 Å². The second-order valence-corrected chi connectivity index (χ2v) is 9.76. The Hall–Kier alpha value is -0.260. The summed E-state index contributed by atoms with van der Waals surface area (Å²) in [6.07, 6.45) is 2.39. The summed E-state index contributed by atoms with van der Waals surface area (Å²) < 4.78 is 19.9. The van der Waals surface area contributed by atoms with Crippen molar-refractivity contribution >= 4 is 13.2 Å². The van der Waals surface area contributed by atoms with Gasteiger partial charge < -0.3 is 28.8 Å². The Balaban J connectivity index is 0. The van der Waals surface area contributed by atoms with E-state index in [4.69, 9.17) is 14.2 Å². The standard InChI is InChI=1S/C11H26O3P.C3H6O3/c1-5-13-8-10-15(3,4)11-9-14-7-6-12-2;1-6-2-3(4)5/h5-11H2,1-4H3;2H2,1H3,(H,4,5)/q+1;/p-1. The molecule has 21 heavy (non-hydrogen) atoms. The van der Waals surface area contributed by atoms with E-state index < -0.39 is 13.2 Å². The van der Waals surface area contributed by atoms with E-state index in [0.717, 1.165) is 19.8 Å². The minimum absolute atomic E-state index is 0.319. The molecule has 0 N–H and O–H groups in total. The highest BCUT2D eigenvalue weighted by atomic mass is 31.2. The average molecular weight is 326 g/mol. The lowest BCUT2D eigenvalue weighted by atomic mass is 10.7. The Labute approximate surface area is 129 Å². The Morgan fingerprint density at radius 1 is 0.952 bits per heavy atom. The van der Waals surface area contributed by atoms with Crippen molar-refractivity contribution in [3.63, 3.8) is 0 Å². The van der Waals surface area contributed by atoms with Gasteiger partial charge in [0.2, 0.25) is 0 Å². The third-order valence-corrected chi connectivity index (χ3v) is 5.37. The van der Waals surface area contributed by atoms with Crippen molar-refractivity contribution in [2.45, 2.75) is 6.92 Å². The number of carboxylic acid groups (broad SMARTS) is 1. The minimum atomic E-state index is -1.18. The van der Waals surface area contributed by atoms with Crippen LogP contribution in [0.3, 0.4) is 0 Å². The first-order chi connectivity index (χ1) is 9.89. The number of carbonyl (C=O) groups excluding carboxylic acids is 1. The molecular weight excluding hydrogens is 295 g/mol. The van der Waals surface area contributed by atoms with E-state index >= 15 is 0 Å². The number of hydrogen-bond donors (Lipinski definition) is 0. The van der Waals surface area contributed by atoms with Gasteiger partial charge in [-0.2, -0.15) is 0 Å². The zero-order valence-electron chi connectivity index (χ0n) is 14.1. The SMILES string of the molecule is CCOCC[P+](C)(C)CCOCCOC.COCC(=O)[O-]. The maximum Gasteiger partial charge on any atom is 0.0857 e. The third-order valence-electron chi connectivity index (χ3n) is 2.58. The first-order valence-corrected chi connectivity index (χ1v) is 10.1. The van der Waals surface area contributed by atoms with Gasteiger partial charge in [0.25, 0.3) is 0 Å². The smallest absolute Gasteiger partial charge is 0.0857 e. The summed E-state index contributed by atoms with van der Waals surface area (Å²) in [5.41, 5.74) is 0. The number of aliphatic carboxylic acids is 1. The number of carbonyl (C=O) groups is 1. The molecule has 0 aromatic carbocycles. The van der Waals surface area contributed by atoms with Crippen molar-refractivity contribution in [3.05, 3.63) is 0 Å². The molecule has 0 aliphatic carbocycles. The van der Waals surface area contributed by atoms with Crippen LogP contribution in [0.2, 0.25) is 0 Å². The molecule has 0 bridgehead atoms. The van der Waals surface area contributed by atoms with Gasteiger partial charge in [0.15, 0.2) is 0 Å². The Morgan fingerprint density at radius 3 is 1.90 bits per heavy atom. The van der Waals surface area contributed by atoms with Crippen LogP contribution in [0.4, 0.5) is 0 Å². The van der Waals surface area contributed by atoms with Crippen LogP contribution in [0.5, 0.6) is 0 Å². The lowest BCUT2D eigenvalue weighted by molar-refractivity contribution is -0.309. The highest BCUT2D eigenvalue weighted by Gasteiger charge is 2.23. The summed E-state index contributed by atoms with van der Waals surface area (Å²) in [6, 6.07) is 0. The summed E-state index contributed by atoms with van der Waals surface area (Å²) in [5.74, 6) is -1.18. The van der Waals surface area contributed by atoms with Crippen molar-refractivity contribution < 1.29 is 28.8 Å². The molecule has 0 saturated heterocycles.